The highest BCUT2D eigenvalue weighted by molar-refractivity contribution is 7.92. The summed E-state index contributed by atoms with van der Waals surface area (Å²) in [5.41, 5.74) is 3.08. The maximum atomic E-state index is 13.4. The summed E-state index contributed by atoms with van der Waals surface area (Å²) < 4.78 is 39.9. The van der Waals surface area contributed by atoms with E-state index in [2.05, 4.69) is 5.32 Å². The summed E-state index contributed by atoms with van der Waals surface area (Å²) in [6.45, 7) is 5.75. The monoisotopic (exact) mass is 531 g/mol. The molecule has 0 aromatic heterocycles. The fourth-order valence-corrected chi connectivity index (χ4v) is 5.75. The lowest BCUT2D eigenvalue weighted by molar-refractivity contribution is -0.141. The first kappa shape index (κ1) is 28.6. The number of nitrogens with zero attached hydrogens (tertiary/aromatic N) is 2. The molecule has 7 nitrogen and oxygen atoms in total. The minimum absolute atomic E-state index is 0.0686. The molecule has 1 aliphatic rings. The van der Waals surface area contributed by atoms with Gasteiger partial charge in [-0.2, -0.15) is 0 Å². The van der Waals surface area contributed by atoms with Gasteiger partial charge in [-0.25, -0.2) is 12.8 Å². The second-order valence-electron chi connectivity index (χ2n) is 10.0. The van der Waals surface area contributed by atoms with Gasteiger partial charge in [0.2, 0.25) is 21.8 Å². The van der Waals surface area contributed by atoms with E-state index in [1.54, 1.807) is 19.1 Å². The molecule has 1 atom stereocenters. The molecule has 0 radical (unpaired) electrons. The number of hydrogen-bond donors (Lipinski definition) is 1. The maximum absolute atomic E-state index is 13.4. The lowest BCUT2D eigenvalue weighted by Crippen LogP contribution is -2.49. The fourth-order valence-electron chi connectivity index (χ4n) is 4.73. The van der Waals surface area contributed by atoms with Crippen molar-refractivity contribution >= 4 is 27.5 Å². The Morgan fingerprint density at radius 1 is 1.08 bits per heavy atom. The van der Waals surface area contributed by atoms with E-state index >= 15 is 0 Å². The first-order chi connectivity index (χ1) is 17.5. The largest absolute Gasteiger partial charge is 0.352 e. The van der Waals surface area contributed by atoms with Crippen LogP contribution >= 0.6 is 0 Å². The Labute approximate surface area is 220 Å². The molecule has 0 aliphatic heterocycles. The molecule has 1 N–H and O–H groups in total. The zero-order chi connectivity index (χ0) is 27.2. The number of halogens is 1. The number of benzene rings is 2. The van der Waals surface area contributed by atoms with Crippen molar-refractivity contribution in [1.82, 2.24) is 10.2 Å². The number of sulfonamides is 1. The van der Waals surface area contributed by atoms with Gasteiger partial charge in [-0.15, -0.1) is 0 Å². The van der Waals surface area contributed by atoms with Crippen LogP contribution in [0.3, 0.4) is 0 Å². The summed E-state index contributed by atoms with van der Waals surface area (Å²) in [4.78, 5) is 27.9. The molecule has 37 heavy (non-hydrogen) atoms. The molecule has 0 spiro atoms. The van der Waals surface area contributed by atoms with Crippen LogP contribution in [0.4, 0.5) is 10.1 Å². The molecule has 0 heterocycles. The molecule has 2 aromatic rings. The van der Waals surface area contributed by atoms with Crippen LogP contribution in [-0.4, -0.2) is 50.0 Å². The molecular weight excluding hydrogens is 493 g/mol. The van der Waals surface area contributed by atoms with E-state index in [-0.39, 0.29) is 49.6 Å². The highest BCUT2D eigenvalue weighted by Crippen LogP contribution is 2.25. The SMILES string of the molecule is Cc1ccc(C)c(N(CCCC(=O)N(Cc2ccc(F)cc2)C(C)C(=O)NC2CCCC2)S(C)(=O)=O)c1. The molecule has 1 saturated carbocycles. The minimum atomic E-state index is -3.56. The summed E-state index contributed by atoms with van der Waals surface area (Å²) in [5.74, 6) is -0.843. The Kier molecular flexibility index (Phi) is 9.70. The van der Waals surface area contributed by atoms with Crippen molar-refractivity contribution in [2.75, 3.05) is 17.1 Å². The topological polar surface area (TPSA) is 86.8 Å². The van der Waals surface area contributed by atoms with Crippen LogP contribution in [0.2, 0.25) is 0 Å². The number of anilines is 1. The second-order valence-corrected chi connectivity index (χ2v) is 11.9. The van der Waals surface area contributed by atoms with E-state index in [1.165, 1.54) is 21.3 Å². The average molecular weight is 532 g/mol. The molecule has 3 rings (SSSR count). The highest BCUT2D eigenvalue weighted by Gasteiger charge is 2.29. The van der Waals surface area contributed by atoms with Crippen molar-refractivity contribution in [2.45, 2.75) is 77.9 Å². The van der Waals surface area contributed by atoms with Crippen molar-refractivity contribution in [1.29, 1.82) is 0 Å². The third-order valence-corrected chi connectivity index (χ3v) is 8.10. The van der Waals surface area contributed by atoms with Crippen LogP contribution in [0.25, 0.3) is 0 Å². The lowest BCUT2D eigenvalue weighted by Gasteiger charge is -2.30. The molecule has 2 amide bonds. The average Bonchev–Trinajstić information content (AvgIpc) is 3.35. The lowest BCUT2D eigenvalue weighted by atomic mass is 10.1. The van der Waals surface area contributed by atoms with E-state index in [9.17, 15) is 22.4 Å². The third kappa shape index (κ3) is 8.02. The third-order valence-electron chi connectivity index (χ3n) is 6.92. The number of aryl methyl sites for hydroxylation is 2. The molecule has 1 fully saturated rings. The second kappa shape index (κ2) is 12.5. The van der Waals surface area contributed by atoms with Gasteiger partial charge in [0.05, 0.1) is 11.9 Å². The quantitative estimate of drug-likeness (QED) is 0.464. The number of amides is 2. The summed E-state index contributed by atoms with van der Waals surface area (Å²) in [6, 6.07) is 10.9. The molecule has 0 bridgehead atoms. The van der Waals surface area contributed by atoms with E-state index in [1.807, 2.05) is 32.0 Å². The number of carbonyl (C=O) groups excluding carboxylic acids is 2. The van der Waals surface area contributed by atoms with Crippen molar-refractivity contribution in [3.8, 4) is 0 Å². The Hall–Kier alpha value is -2.94. The van der Waals surface area contributed by atoms with Gasteiger partial charge in [-0.05, 0) is 74.9 Å². The molecular formula is C28H38FN3O4S. The normalized spacial score (nSPS) is 14.8. The van der Waals surface area contributed by atoms with Crippen molar-refractivity contribution < 1.29 is 22.4 Å². The van der Waals surface area contributed by atoms with Crippen molar-refractivity contribution in [2.24, 2.45) is 0 Å². The number of carbonyl (C=O) groups is 2. The van der Waals surface area contributed by atoms with Gasteiger partial charge >= 0.3 is 0 Å². The zero-order valence-electron chi connectivity index (χ0n) is 22.2. The van der Waals surface area contributed by atoms with Gasteiger partial charge in [0, 0.05) is 25.6 Å². The molecule has 2 aromatic carbocycles. The van der Waals surface area contributed by atoms with Gasteiger partial charge in [-0.3, -0.25) is 13.9 Å². The van der Waals surface area contributed by atoms with Crippen LogP contribution in [-0.2, 0) is 26.2 Å². The number of rotatable bonds is 11. The summed E-state index contributed by atoms with van der Waals surface area (Å²) in [6.07, 6.45) is 5.54. The molecule has 0 saturated heterocycles. The van der Waals surface area contributed by atoms with Crippen molar-refractivity contribution in [3.63, 3.8) is 0 Å². The minimum Gasteiger partial charge on any atom is -0.352 e. The highest BCUT2D eigenvalue weighted by atomic mass is 32.2. The summed E-state index contributed by atoms with van der Waals surface area (Å²) >= 11 is 0. The van der Waals surface area contributed by atoms with Crippen molar-refractivity contribution in [3.05, 3.63) is 65.0 Å². The summed E-state index contributed by atoms with van der Waals surface area (Å²) in [7, 11) is -3.56. The van der Waals surface area contributed by atoms with Crippen LogP contribution in [0.15, 0.2) is 42.5 Å². The van der Waals surface area contributed by atoms with E-state index in [0.717, 1.165) is 43.1 Å². The molecule has 1 unspecified atom stereocenters. The molecule has 9 heteroatoms. The maximum Gasteiger partial charge on any atom is 0.242 e. The molecule has 1 aliphatic carbocycles. The van der Waals surface area contributed by atoms with Crippen LogP contribution < -0.4 is 9.62 Å². The van der Waals surface area contributed by atoms with Gasteiger partial charge in [0.25, 0.3) is 0 Å². The summed E-state index contributed by atoms with van der Waals surface area (Å²) in [5, 5.41) is 3.06. The predicted octanol–water partition coefficient (Wildman–Crippen LogP) is 4.46. The van der Waals surface area contributed by atoms with Gasteiger partial charge in [-0.1, -0.05) is 37.1 Å². The van der Waals surface area contributed by atoms with Crippen LogP contribution in [0.1, 0.15) is 62.1 Å². The Balaban J connectivity index is 1.73. The first-order valence-electron chi connectivity index (χ1n) is 12.8. The molecule has 202 valence electrons. The fraction of sp³-hybridized carbons (Fsp3) is 0.500. The first-order valence-corrected chi connectivity index (χ1v) is 14.7. The van der Waals surface area contributed by atoms with E-state index in [4.69, 9.17) is 0 Å². The number of hydrogen-bond acceptors (Lipinski definition) is 4. The van der Waals surface area contributed by atoms with Crippen LogP contribution in [0.5, 0.6) is 0 Å². The Morgan fingerprint density at radius 2 is 1.73 bits per heavy atom. The van der Waals surface area contributed by atoms with E-state index in [0.29, 0.717) is 11.3 Å². The predicted molar refractivity (Wildman–Crippen MR) is 144 cm³/mol. The Morgan fingerprint density at radius 3 is 2.35 bits per heavy atom. The number of nitrogens with one attached hydrogen (secondary N) is 1. The van der Waals surface area contributed by atoms with Gasteiger partial charge in [0.15, 0.2) is 0 Å². The van der Waals surface area contributed by atoms with Gasteiger partial charge in [0.1, 0.15) is 11.9 Å². The zero-order valence-corrected chi connectivity index (χ0v) is 23.0. The Bertz CT molecular complexity index is 1190. The van der Waals surface area contributed by atoms with Gasteiger partial charge < -0.3 is 10.2 Å². The standard InChI is InChI=1S/C28H38FN3O4S/c1-20-11-12-21(2)26(18-20)32(37(4,35)36)17-7-10-27(33)31(19-23-13-15-24(29)16-14-23)22(3)28(34)30-25-8-5-6-9-25/h11-16,18,22,25H,5-10,17,19H2,1-4H3,(H,30,34). The smallest absolute Gasteiger partial charge is 0.242 e. The van der Waals surface area contributed by atoms with E-state index < -0.39 is 16.1 Å². The van der Waals surface area contributed by atoms with Crippen LogP contribution in [0, 0.1) is 19.7 Å².